The number of aromatic nitrogens is 2. The number of aliphatic hydroxyl groups excluding tert-OH is 1. The smallest absolute Gasteiger partial charge is 0.331 e. The first kappa shape index (κ1) is 15.5. The fraction of sp³-hybridized carbons (Fsp3) is 0.231. The quantitative estimate of drug-likeness (QED) is 0.609. The van der Waals surface area contributed by atoms with Crippen LogP contribution in [0.4, 0.5) is 4.39 Å². The number of hydrogen-bond donors (Lipinski definition) is 2. The molecule has 1 aromatic carbocycles. The summed E-state index contributed by atoms with van der Waals surface area (Å²) in [6, 6.07) is 8.79. The van der Waals surface area contributed by atoms with Crippen LogP contribution in [0.2, 0.25) is 0 Å². The number of H-pyrrole nitrogens is 1. The Balaban J connectivity index is 2.41. The van der Waals surface area contributed by atoms with E-state index in [1.54, 1.807) is 30.3 Å². The summed E-state index contributed by atoms with van der Waals surface area (Å²) in [5.74, 6) is -1.05. The molecule has 0 saturated heterocycles. The van der Waals surface area contributed by atoms with E-state index < -0.39 is 17.1 Å². The third-order valence-corrected chi connectivity index (χ3v) is 3.61. The van der Waals surface area contributed by atoms with Crippen LogP contribution in [-0.4, -0.2) is 27.9 Å². The standard InChI is InChI=1S/C13H13FN2O4S/c14-10-11(18)15-13(19)16(8-20-7-6-17)12(10)21-9-4-2-1-3-5-9/h1-5,17H,6-8H2,(H,15,18,19). The summed E-state index contributed by atoms with van der Waals surface area (Å²) in [5, 5.41) is 8.54. The first-order valence-electron chi connectivity index (χ1n) is 6.07. The maximum absolute atomic E-state index is 14.0. The van der Waals surface area contributed by atoms with Gasteiger partial charge in [-0.05, 0) is 12.1 Å². The summed E-state index contributed by atoms with van der Waals surface area (Å²) in [4.78, 5) is 25.7. The lowest BCUT2D eigenvalue weighted by molar-refractivity contribution is 0.0402. The molecule has 0 aliphatic rings. The average Bonchev–Trinajstić information content (AvgIpc) is 2.49. The van der Waals surface area contributed by atoms with Crippen molar-refractivity contribution in [2.45, 2.75) is 16.7 Å². The number of benzene rings is 1. The van der Waals surface area contributed by atoms with Crippen LogP contribution in [0.25, 0.3) is 0 Å². The molecule has 2 N–H and O–H groups in total. The summed E-state index contributed by atoms with van der Waals surface area (Å²) in [6.45, 7) is -0.480. The predicted molar refractivity (Wildman–Crippen MR) is 74.9 cm³/mol. The molecule has 0 amide bonds. The van der Waals surface area contributed by atoms with Gasteiger partial charge in [-0.3, -0.25) is 14.3 Å². The van der Waals surface area contributed by atoms with E-state index in [4.69, 9.17) is 9.84 Å². The van der Waals surface area contributed by atoms with Crippen molar-refractivity contribution in [2.24, 2.45) is 0 Å². The molecule has 1 heterocycles. The minimum atomic E-state index is -1.07. The van der Waals surface area contributed by atoms with E-state index >= 15 is 0 Å². The average molecular weight is 312 g/mol. The Morgan fingerprint density at radius 1 is 1.29 bits per heavy atom. The maximum Gasteiger partial charge on any atom is 0.331 e. The molecule has 21 heavy (non-hydrogen) atoms. The summed E-state index contributed by atoms with van der Waals surface area (Å²) in [6.07, 6.45) is 0. The number of ether oxygens (including phenoxy) is 1. The molecule has 0 aliphatic heterocycles. The lowest BCUT2D eigenvalue weighted by Gasteiger charge is -2.12. The van der Waals surface area contributed by atoms with Crippen LogP contribution in [0.15, 0.2) is 49.8 Å². The lowest BCUT2D eigenvalue weighted by atomic mass is 10.4. The number of nitrogens with zero attached hydrogens (tertiary/aromatic N) is 1. The molecular weight excluding hydrogens is 299 g/mol. The lowest BCUT2D eigenvalue weighted by Crippen LogP contribution is -2.34. The van der Waals surface area contributed by atoms with Crippen molar-refractivity contribution in [3.8, 4) is 0 Å². The van der Waals surface area contributed by atoms with Crippen LogP contribution >= 0.6 is 11.8 Å². The first-order valence-corrected chi connectivity index (χ1v) is 6.89. The highest BCUT2D eigenvalue weighted by atomic mass is 32.2. The molecule has 0 saturated carbocycles. The van der Waals surface area contributed by atoms with E-state index in [0.717, 1.165) is 16.3 Å². The molecule has 0 atom stereocenters. The SMILES string of the molecule is O=c1[nH]c(=O)n(COCCO)c(Sc2ccccc2)c1F. The summed E-state index contributed by atoms with van der Waals surface area (Å²) < 4.78 is 20.0. The van der Waals surface area contributed by atoms with Crippen LogP contribution in [0.3, 0.4) is 0 Å². The first-order chi connectivity index (χ1) is 10.1. The monoisotopic (exact) mass is 312 g/mol. The van der Waals surface area contributed by atoms with Crippen molar-refractivity contribution in [1.29, 1.82) is 0 Å². The number of nitrogens with one attached hydrogen (secondary N) is 1. The number of rotatable bonds is 6. The summed E-state index contributed by atoms with van der Waals surface area (Å²) in [7, 11) is 0. The molecule has 8 heteroatoms. The Kier molecular flexibility index (Phi) is 5.32. The highest BCUT2D eigenvalue weighted by molar-refractivity contribution is 7.99. The minimum absolute atomic E-state index is 0.00261. The predicted octanol–water partition coefficient (Wildman–Crippen LogP) is 0.793. The van der Waals surface area contributed by atoms with Crippen molar-refractivity contribution in [3.05, 3.63) is 57.0 Å². The fourth-order valence-electron chi connectivity index (χ4n) is 1.57. The zero-order valence-electron chi connectivity index (χ0n) is 10.9. The van der Waals surface area contributed by atoms with Gasteiger partial charge in [0, 0.05) is 4.90 Å². The van der Waals surface area contributed by atoms with Crippen LogP contribution < -0.4 is 11.2 Å². The number of aromatic amines is 1. The van der Waals surface area contributed by atoms with E-state index in [1.807, 2.05) is 4.98 Å². The summed E-state index contributed by atoms with van der Waals surface area (Å²) in [5.41, 5.74) is -1.84. The molecule has 0 bridgehead atoms. The van der Waals surface area contributed by atoms with Crippen LogP contribution in [0.5, 0.6) is 0 Å². The summed E-state index contributed by atoms with van der Waals surface area (Å²) >= 11 is 0.953. The second-order valence-electron chi connectivity index (χ2n) is 3.98. The highest BCUT2D eigenvalue weighted by Crippen LogP contribution is 2.27. The molecule has 2 rings (SSSR count). The number of hydrogen-bond acceptors (Lipinski definition) is 5. The van der Waals surface area contributed by atoms with Gasteiger partial charge in [-0.25, -0.2) is 4.79 Å². The molecule has 0 aliphatic carbocycles. The Morgan fingerprint density at radius 2 is 2.00 bits per heavy atom. The number of aliphatic hydroxyl groups is 1. The van der Waals surface area contributed by atoms with Gasteiger partial charge < -0.3 is 9.84 Å². The zero-order valence-corrected chi connectivity index (χ0v) is 11.7. The van der Waals surface area contributed by atoms with Crippen LogP contribution in [0, 0.1) is 5.82 Å². The van der Waals surface area contributed by atoms with Crippen molar-refractivity contribution in [3.63, 3.8) is 0 Å². The van der Waals surface area contributed by atoms with Gasteiger partial charge >= 0.3 is 5.69 Å². The van der Waals surface area contributed by atoms with Gasteiger partial charge in [0.1, 0.15) is 11.8 Å². The van der Waals surface area contributed by atoms with Crippen molar-refractivity contribution in [2.75, 3.05) is 13.2 Å². The molecule has 6 nitrogen and oxygen atoms in total. The number of halogens is 1. The second kappa shape index (κ2) is 7.21. The fourth-order valence-corrected chi connectivity index (χ4v) is 2.51. The van der Waals surface area contributed by atoms with E-state index in [-0.39, 0.29) is 25.0 Å². The van der Waals surface area contributed by atoms with Crippen LogP contribution in [-0.2, 0) is 11.5 Å². The minimum Gasteiger partial charge on any atom is -0.394 e. The molecule has 0 unspecified atom stereocenters. The van der Waals surface area contributed by atoms with E-state index in [0.29, 0.717) is 4.90 Å². The van der Waals surface area contributed by atoms with Gasteiger partial charge in [-0.2, -0.15) is 4.39 Å². The molecule has 0 spiro atoms. The van der Waals surface area contributed by atoms with Crippen molar-refractivity contribution in [1.82, 2.24) is 9.55 Å². The van der Waals surface area contributed by atoms with Gasteiger partial charge in [-0.1, -0.05) is 30.0 Å². The normalized spacial score (nSPS) is 10.8. The van der Waals surface area contributed by atoms with Gasteiger partial charge in [0.25, 0.3) is 5.56 Å². The Bertz CT molecular complexity index is 714. The Hall–Kier alpha value is -1.90. The zero-order chi connectivity index (χ0) is 15.2. The Labute approximate surface area is 123 Å². The Morgan fingerprint density at radius 3 is 2.67 bits per heavy atom. The maximum atomic E-state index is 14.0. The molecule has 0 fully saturated rings. The topological polar surface area (TPSA) is 84.3 Å². The molecular formula is C13H13FN2O4S. The van der Waals surface area contributed by atoms with Gasteiger partial charge in [0.15, 0.2) is 0 Å². The van der Waals surface area contributed by atoms with E-state index in [9.17, 15) is 14.0 Å². The second-order valence-corrected chi connectivity index (χ2v) is 5.04. The molecule has 112 valence electrons. The van der Waals surface area contributed by atoms with Crippen molar-refractivity contribution < 1.29 is 14.2 Å². The largest absolute Gasteiger partial charge is 0.394 e. The third-order valence-electron chi connectivity index (χ3n) is 2.51. The molecule has 0 radical (unpaired) electrons. The van der Waals surface area contributed by atoms with E-state index in [1.165, 1.54) is 0 Å². The van der Waals surface area contributed by atoms with Gasteiger partial charge in [0.05, 0.1) is 13.2 Å². The highest BCUT2D eigenvalue weighted by Gasteiger charge is 2.16. The van der Waals surface area contributed by atoms with Gasteiger partial charge in [0.2, 0.25) is 5.82 Å². The molecule has 1 aromatic heterocycles. The van der Waals surface area contributed by atoms with E-state index in [2.05, 4.69) is 0 Å². The molecule has 2 aromatic rings. The van der Waals surface area contributed by atoms with Gasteiger partial charge in [-0.15, -0.1) is 0 Å². The van der Waals surface area contributed by atoms with Crippen LogP contribution in [0.1, 0.15) is 0 Å². The third kappa shape index (κ3) is 3.81. The van der Waals surface area contributed by atoms with Crippen molar-refractivity contribution >= 4 is 11.8 Å².